The van der Waals surface area contributed by atoms with Gasteiger partial charge in [0.1, 0.15) is 5.78 Å². The SMILES string of the molecule is C/C(=C\CCc1ccoc1)CC(=O)C[C@@H](C)C/C=C\c1ccoc1. The number of hydrogen-bond donors (Lipinski definition) is 0. The molecule has 0 saturated carbocycles. The monoisotopic (exact) mass is 326 g/mol. The van der Waals surface area contributed by atoms with Crippen LogP contribution in [0.25, 0.3) is 6.08 Å². The Hall–Kier alpha value is -2.29. The van der Waals surface area contributed by atoms with Crippen LogP contribution in [0.4, 0.5) is 0 Å². The molecule has 0 unspecified atom stereocenters. The van der Waals surface area contributed by atoms with E-state index in [0.717, 1.165) is 30.4 Å². The minimum absolute atomic E-state index is 0.316. The van der Waals surface area contributed by atoms with E-state index in [2.05, 4.69) is 19.1 Å². The van der Waals surface area contributed by atoms with E-state index >= 15 is 0 Å². The number of Topliss-reactive ketones (excluding diaryl/α,β-unsaturated/α-hetero) is 1. The molecule has 0 saturated heterocycles. The van der Waals surface area contributed by atoms with Gasteiger partial charge in [-0.05, 0) is 49.8 Å². The standard InChI is InChI=1S/C21H26O3/c1-17(5-3-7-19-9-11-23-15-19)13-21(22)14-18(2)6-4-8-20-10-12-24-16-20/h3,6-7,9-12,15-17H,4-5,8,13-14H2,1-2H3/b7-3-,18-6+/t17-/m0/s1. The maximum absolute atomic E-state index is 12.2. The Morgan fingerprint density at radius 2 is 2.00 bits per heavy atom. The molecule has 3 nitrogen and oxygen atoms in total. The summed E-state index contributed by atoms with van der Waals surface area (Å²) in [7, 11) is 0. The second kappa shape index (κ2) is 9.76. The number of allylic oxidation sites excluding steroid dienone is 3. The average Bonchev–Trinajstić information content (AvgIpc) is 3.20. The number of hydrogen-bond acceptors (Lipinski definition) is 3. The van der Waals surface area contributed by atoms with Crippen molar-refractivity contribution in [3.63, 3.8) is 0 Å². The van der Waals surface area contributed by atoms with E-state index in [0.29, 0.717) is 24.5 Å². The average molecular weight is 326 g/mol. The molecule has 0 N–H and O–H groups in total. The first-order valence-electron chi connectivity index (χ1n) is 8.50. The summed E-state index contributed by atoms with van der Waals surface area (Å²) in [4.78, 5) is 12.2. The minimum Gasteiger partial charge on any atom is -0.472 e. The van der Waals surface area contributed by atoms with Gasteiger partial charge in [-0.1, -0.05) is 30.7 Å². The fourth-order valence-electron chi connectivity index (χ4n) is 2.65. The number of carbonyl (C=O) groups is 1. The van der Waals surface area contributed by atoms with Gasteiger partial charge in [0.2, 0.25) is 0 Å². The number of furan rings is 2. The normalized spacial score (nSPS) is 13.5. The molecule has 2 aromatic rings. The molecule has 3 heteroatoms. The summed E-state index contributed by atoms with van der Waals surface area (Å²) in [5.74, 6) is 0.677. The summed E-state index contributed by atoms with van der Waals surface area (Å²) in [5, 5.41) is 0. The molecule has 0 bridgehead atoms. The maximum atomic E-state index is 12.2. The van der Waals surface area contributed by atoms with E-state index in [4.69, 9.17) is 8.83 Å². The molecule has 1 atom stereocenters. The molecule has 0 fully saturated rings. The van der Waals surface area contributed by atoms with Crippen molar-refractivity contribution in [2.24, 2.45) is 5.92 Å². The van der Waals surface area contributed by atoms with E-state index < -0.39 is 0 Å². The molecule has 2 rings (SSSR count). The molecule has 0 aliphatic carbocycles. The minimum atomic E-state index is 0.316. The molecule has 128 valence electrons. The highest BCUT2D eigenvalue weighted by Crippen LogP contribution is 2.15. The van der Waals surface area contributed by atoms with E-state index in [1.54, 1.807) is 25.1 Å². The van der Waals surface area contributed by atoms with Gasteiger partial charge in [0.25, 0.3) is 0 Å². The molecule has 0 aliphatic rings. The van der Waals surface area contributed by atoms with Gasteiger partial charge >= 0.3 is 0 Å². The first-order valence-corrected chi connectivity index (χ1v) is 8.50. The highest BCUT2D eigenvalue weighted by molar-refractivity contribution is 5.80. The summed E-state index contributed by atoms with van der Waals surface area (Å²) in [6, 6.07) is 3.90. The van der Waals surface area contributed by atoms with Crippen LogP contribution >= 0.6 is 0 Å². The third kappa shape index (κ3) is 6.86. The lowest BCUT2D eigenvalue weighted by atomic mass is 9.97. The molecule has 0 amide bonds. The molecule has 0 spiro atoms. The van der Waals surface area contributed by atoms with Crippen LogP contribution in [0.2, 0.25) is 0 Å². The van der Waals surface area contributed by atoms with Crippen molar-refractivity contribution in [2.75, 3.05) is 0 Å². The van der Waals surface area contributed by atoms with Crippen molar-refractivity contribution >= 4 is 11.9 Å². The van der Waals surface area contributed by atoms with Gasteiger partial charge in [0.05, 0.1) is 25.1 Å². The summed E-state index contributed by atoms with van der Waals surface area (Å²) in [6.45, 7) is 4.16. The van der Waals surface area contributed by atoms with Crippen LogP contribution in [-0.4, -0.2) is 5.78 Å². The highest BCUT2D eigenvalue weighted by atomic mass is 16.3. The fourth-order valence-corrected chi connectivity index (χ4v) is 2.65. The number of rotatable bonds is 10. The summed E-state index contributed by atoms with van der Waals surface area (Å²) in [6.07, 6.45) is 17.1. The molecular weight excluding hydrogens is 300 g/mol. The zero-order valence-electron chi connectivity index (χ0n) is 14.5. The molecule has 2 heterocycles. The van der Waals surface area contributed by atoms with Gasteiger partial charge < -0.3 is 8.83 Å². The van der Waals surface area contributed by atoms with E-state index in [1.165, 1.54) is 5.56 Å². The lowest BCUT2D eigenvalue weighted by Crippen LogP contribution is -2.05. The summed E-state index contributed by atoms with van der Waals surface area (Å²) >= 11 is 0. The molecule has 0 aromatic carbocycles. The third-order valence-corrected chi connectivity index (χ3v) is 3.95. The lowest BCUT2D eigenvalue weighted by molar-refractivity contribution is -0.119. The molecular formula is C21H26O3. The Labute approximate surface area is 144 Å². The van der Waals surface area contributed by atoms with Crippen LogP contribution in [0.1, 0.15) is 50.7 Å². The molecule has 24 heavy (non-hydrogen) atoms. The zero-order valence-corrected chi connectivity index (χ0v) is 14.5. The topological polar surface area (TPSA) is 43.4 Å². The number of ketones is 1. The van der Waals surface area contributed by atoms with Gasteiger partial charge in [0.15, 0.2) is 0 Å². The Kier molecular flexibility index (Phi) is 7.34. The predicted octanol–water partition coefficient (Wildman–Crippen LogP) is 5.84. The van der Waals surface area contributed by atoms with Gasteiger partial charge in [-0.15, -0.1) is 0 Å². The van der Waals surface area contributed by atoms with Crippen LogP contribution < -0.4 is 0 Å². The fraction of sp³-hybridized carbons (Fsp3) is 0.381. The first kappa shape index (κ1) is 18.1. The van der Waals surface area contributed by atoms with Crippen LogP contribution in [-0.2, 0) is 11.2 Å². The second-order valence-corrected chi connectivity index (χ2v) is 6.44. The highest BCUT2D eigenvalue weighted by Gasteiger charge is 2.08. The van der Waals surface area contributed by atoms with Crippen LogP contribution in [0, 0.1) is 5.92 Å². The Balaban J connectivity index is 1.65. The van der Waals surface area contributed by atoms with Gasteiger partial charge in [-0.2, -0.15) is 0 Å². The lowest BCUT2D eigenvalue weighted by Gasteiger charge is -2.08. The Morgan fingerprint density at radius 1 is 1.21 bits per heavy atom. The van der Waals surface area contributed by atoms with Crippen LogP contribution in [0.5, 0.6) is 0 Å². The number of aryl methyl sites for hydroxylation is 1. The molecule has 0 aliphatic heterocycles. The quantitative estimate of drug-likeness (QED) is 0.515. The van der Waals surface area contributed by atoms with Crippen molar-refractivity contribution in [2.45, 2.75) is 46.0 Å². The van der Waals surface area contributed by atoms with E-state index in [-0.39, 0.29) is 0 Å². The maximum Gasteiger partial charge on any atom is 0.137 e. The predicted molar refractivity (Wildman–Crippen MR) is 96.6 cm³/mol. The third-order valence-electron chi connectivity index (χ3n) is 3.95. The van der Waals surface area contributed by atoms with E-state index in [9.17, 15) is 4.79 Å². The first-order chi connectivity index (χ1) is 11.6. The van der Waals surface area contributed by atoms with Crippen molar-refractivity contribution < 1.29 is 13.6 Å². The second-order valence-electron chi connectivity index (χ2n) is 6.44. The zero-order chi connectivity index (χ0) is 17.2. The summed E-state index contributed by atoms with van der Waals surface area (Å²) < 4.78 is 10.1. The Morgan fingerprint density at radius 3 is 2.71 bits per heavy atom. The number of carbonyl (C=O) groups excluding carboxylic acids is 1. The van der Waals surface area contributed by atoms with Crippen molar-refractivity contribution in [1.82, 2.24) is 0 Å². The van der Waals surface area contributed by atoms with Gasteiger partial charge in [-0.3, -0.25) is 4.79 Å². The largest absolute Gasteiger partial charge is 0.472 e. The van der Waals surface area contributed by atoms with Crippen LogP contribution in [0.15, 0.2) is 63.7 Å². The summed E-state index contributed by atoms with van der Waals surface area (Å²) in [5.41, 5.74) is 3.41. The van der Waals surface area contributed by atoms with Gasteiger partial charge in [0, 0.05) is 18.4 Å². The smallest absolute Gasteiger partial charge is 0.137 e. The van der Waals surface area contributed by atoms with Crippen LogP contribution in [0.3, 0.4) is 0 Å². The molecule has 2 aromatic heterocycles. The van der Waals surface area contributed by atoms with Crippen molar-refractivity contribution in [1.29, 1.82) is 0 Å². The van der Waals surface area contributed by atoms with Crippen molar-refractivity contribution in [3.8, 4) is 0 Å². The molecule has 0 radical (unpaired) electrons. The van der Waals surface area contributed by atoms with Gasteiger partial charge in [-0.25, -0.2) is 0 Å². The Bertz CT molecular complexity index is 645. The van der Waals surface area contributed by atoms with E-state index in [1.807, 2.05) is 25.1 Å². The van der Waals surface area contributed by atoms with Crippen molar-refractivity contribution in [3.05, 3.63) is 66.0 Å².